The molecule has 0 amide bonds. The summed E-state index contributed by atoms with van der Waals surface area (Å²) in [5.74, 6) is 0.914. The molecule has 0 bridgehead atoms. The van der Waals surface area contributed by atoms with E-state index in [1.807, 2.05) is 12.1 Å². The number of hydrogen-bond acceptors (Lipinski definition) is 4. The molecule has 2 heterocycles. The van der Waals surface area contributed by atoms with Gasteiger partial charge >= 0.3 is 0 Å². The second-order valence-electron chi connectivity index (χ2n) is 4.19. The number of anilines is 1. The molecule has 1 aliphatic rings. The van der Waals surface area contributed by atoms with Gasteiger partial charge in [-0.3, -0.25) is 0 Å². The number of nitrogens with zero attached hydrogens (tertiary/aromatic N) is 1. The molecule has 2 aromatic rings. The summed E-state index contributed by atoms with van der Waals surface area (Å²) in [5.41, 5.74) is 2.47. The van der Waals surface area contributed by atoms with Gasteiger partial charge < -0.3 is 10.1 Å². The van der Waals surface area contributed by atoms with Gasteiger partial charge in [0.05, 0.1) is 10.6 Å². The van der Waals surface area contributed by atoms with Crippen LogP contribution in [-0.4, -0.2) is 11.5 Å². The van der Waals surface area contributed by atoms with Crippen molar-refractivity contribution in [2.24, 2.45) is 0 Å². The predicted molar refractivity (Wildman–Crippen MR) is 74.7 cm³/mol. The van der Waals surface area contributed by atoms with E-state index >= 15 is 0 Å². The topological polar surface area (TPSA) is 34.1 Å². The zero-order valence-corrected chi connectivity index (χ0v) is 11.4. The number of para-hydroxylation sites is 1. The minimum Gasteiger partial charge on any atom is -0.486 e. The van der Waals surface area contributed by atoms with Crippen molar-refractivity contribution in [3.63, 3.8) is 0 Å². The molecule has 0 unspecified atom stereocenters. The molecule has 5 heteroatoms. The number of fused-ring (bicyclic) bond motifs is 1. The number of aromatic nitrogens is 1. The molecule has 0 saturated heterocycles. The molecule has 1 aromatic carbocycles. The summed E-state index contributed by atoms with van der Waals surface area (Å²) >= 11 is 7.25. The van der Waals surface area contributed by atoms with Gasteiger partial charge in [-0.15, -0.1) is 11.3 Å². The van der Waals surface area contributed by atoms with Gasteiger partial charge in [-0.05, 0) is 24.5 Å². The fourth-order valence-electron chi connectivity index (χ4n) is 2.10. The summed E-state index contributed by atoms with van der Waals surface area (Å²) in [6.45, 7) is 1.53. The Hall–Kier alpha value is -1.26. The first kappa shape index (κ1) is 11.8. The second kappa shape index (κ2) is 5.16. The van der Waals surface area contributed by atoms with Crippen LogP contribution in [0.5, 0.6) is 5.75 Å². The molecule has 0 saturated carbocycles. The maximum atomic E-state index is 5.85. The molecular weight excluding hydrogens is 268 g/mol. The molecule has 0 aliphatic carbocycles. The van der Waals surface area contributed by atoms with Gasteiger partial charge in [0.25, 0.3) is 0 Å². The van der Waals surface area contributed by atoms with E-state index in [1.54, 1.807) is 6.20 Å². The van der Waals surface area contributed by atoms with E-state index < -0.39 is 0 Å². The van der Waals surface area contributed by atoms with Crippen molar-refractivity contribution in [3.8, 4) is 5.75 Å². The maximum absolute atomic E-state index is 5.85. The molecular formula is C13H13ClN2OS. The predicted octanol–water partition coefficient (Wildman–Crippen LogP) is 3.73. The molecule has 0 fully saturated rings. The number of thiazole rings is 1. The monoisotopic (exact) mass is 280 g/mol. The Kier molecular flexibility index (Phi) is 3.39. The fourth-order valence-corrected chi connectivity index (χ4v) is 2.99. The van der Waals surface area contributed by atoms with Crippen LogP contribution < -0.4 is 10.1 Å². The molecule has 18 heavy (non-hydrogen) atoms. The van der Waals surface area contributed by atoms with Crippen LogP contribution in [0.3, 0.4) is 0 Å². The summed E-state index contributed by atoms with van der Waals surface area (Å²) in [6, 6.07) is 6.19. The number of rotatable bonds is 3. The lowest BCUT2D eigenvalue weighted by atomic mass is 10.0. The van der Waals surface area contributed by atoms with Crippen LogP contribution in [-0.2, 0) is 13.0 Å². The van der Waals surface area contributed by atoms with E-state index in [-0.39, 0.29) is 0 Å². The summed E-state index contributed by atoms with van der Waals surface area (Å²) in [6.07, 6.45) is 4.06. The molecule has 3 nitrogen and oxygen atoms in total. The Bertz CT molecular complexity index is 556. The first-order valence-corrected chi connectivity index (χ1v) is 7.11. The summed E-state index contributed by atoms with van der Waals surface area (Å²) in [7, 11) is 0. The highest BCUT2D eigenvalue weighted by Gasteiger charge is 2.13. The third-order valence-electron chi connectivity index (χ3n) is 2.93. The lowest BCUT2D eigenvalue weighted by molar-refractivity contribution is 0.310. The van der Waals surface area contributed by atoms with Crippen LogP contribution in [0, 0.1) is 0 Å². The first-order valence-electron chi connectivity index (χ1n) is 5.92. The van der Waals surface area contributed by atoms with Gasteiger partial charge in [0.2, 0.25) is 0 Å². The highest BCUT2D eigenvalue weighted by atomic mass is 35.5. The lowest BCUT2D eigenvalue weighted by Gasteiger charge is -2.20. The molecule has 0 spiro atoms. The maximum Gasteiger partial charge on any atom is 0.183 e. The van der Waals surface area contributed by atoms with E-state index in [2.05, 4.69) is 16.4 Å². The van der Waals surface area contributed by atoms with Crippen molar-refractivity contribution in [2.75, 3.05) is 11.9 Å². The Morgan fingerprint density at radius 2 is 2.39 bits per heavy atom. The van der Waals surface area contributed by atoms with E-state index in [4.69, 9.17) is 16.3 Å². The zero-order chi connectivity index (χ0) is 12.4. The standard InChI is InChI=1S/C13H13ClN2OS/c14-13-16-7-10(18-13)8-17-11-5-1-3-9-4-2-6-15-12(9)11/h1,3,5,7,15H,2,4,6,8H2. The minimum atomic E-state index is 0.516. The van der Waals surface area contributed by atoms with Crippen LogP contribution in [0.25, 0.3) is 0 Å². The number of hydrogen-bond donors (Lipinski definition) is 1. The van der Waals surface area contributed by atoms with Gasteiger partial charge in [-0.2, -0.15) is 0 Å². The van der Waals surface area contributed by atoms with Crippen LogP contribution in [0.15, 0.2) is 24.4 Å². The number of ether oxygens (including phenoxy) is 1. The van der Waals surface area contributed by atoms with E-state index in [9.17, 15) is 0 Å². The van der Waals surface area contributed by atoms with Gasteiger partial charge in [0, 0.05) is 12.7 Å². The number of halogens is 1. The van der Waals surface area contributed by atoms with Crippen molar-refractivity contribution >= 4 is 28.6 Å². The van der Waals surface area contributed by atoms with Crippen LogP contribution in [0.2, 0.25) is 4.47 Å². The minimum absolute atomic E-state index is 0.516. The zero-order valence-electron chi connectivity index (χ0n) is 9.78. The Morgan fingerprint density at radius 1 is 1.44 bits per heavy atom. The van der Waals surface area contributed by atoms with Crippen molar-refractivity contribution in [2.45, 2.75) is 19.4 Å². The van der Waals surface area contributed by atoms with Crippen LogP contribution >= 0.6 is 22.9 Å². The Labute approximate surface area is 115 Å². The normalized spacial score (nSPS) is 13.8. The Morgan fingerprint density at radius 3 is 3.22 bits per heavy atom. The van der Waals surface area contributed by atoms with Gasteiger partial charge in [-0.1, -0.05) is 23.7 Å². The molecule has 94 valence electrons. The molecule has 0 radical (unpaired) electrons. The third-order valence-corrected chi connectivity index (χ3v) is 4.02. The smallest absolute Gasteiger partial charge is 0.183 e. The van der Waals surface area contributed by atoms with Crippen molar-refractivity contribution in [3.05, 3.63) is 39.3 Å². The van der Waals surface area contributed by atoms with E-state index in [0.717, 1.165) is 29.3 Å². The number of benzene rings is 1. The fraction of sp³-hybridized carbons (Fsp3) is 0.308. The molecule has 1 N–H and O–H groups in total. The van der Waals surface area contributed by atoms with Gasteiger partial charge in [-0.25, -0.2) is 4.98 Å². The summed E-state index contributed by atoms with van der Waals surface area (Å²) in [5, 5.41) is 3.41. The first-order chi connectivity index (χ1) is 8.83. The number of nitrogens with one attached hydrogen (secondary N) is 1. The third kappa shape index (κ3) is 2.44. The van der Waals surface area contributed by atoms with Crippen molar-refractivity contribution in [1.82, 2.24) is 4.98 Å². The largest absolute Gasteiger partial charge is 0.486 e. The molecule has 3 rings (SSSR count). The van der Waals surface area contributed by atoms with Gasteiger partial charge in [0.15, 0.2) is 4.47 Å². The van der Waals surface area contributed by atoms with E-state index in [0.29, 0.717) is 11.1 Å². The SMILES string of the molecule is Clc1ncc(COc2cccc3c2NCCC3)s1. The lowest BCUT2D eigenvalue weighted by Crippen LogP contribution is -2.13. The summed E-state index contributed by atoms with van der Waals surface area (Å²) in [4.78, 5) is 5.04. The van der Waals surface area contributed by atoms with Crippen LogP contribution in [0.4, 0.5) is 5.69 Å². The molecule has 0 atom stereocenters. The van der Waals surface area contributed by atoms with E-state index in [1.165, 1.54) is 23.3 Å². The highest BCUT2D eigenvalue weighted by Crippen LogP contribution is 2.32. The van der Waals surface area contributed by atoms with Crippen molar-refractivity contribution in [1.29, 1.82) is 0 Å². The van der Waals surface area contributed by atoms with Gasteiger partial charge in [0.1, 0.15) is 12.4 Å². The molecule has 1 aliphatic heterocycles. The average Bonchev–Trinajstić information content (AvgIpc) is 2.82. The highest BCUT2D eigenvalue weighted by molar-refractivity contribution is 7.15. The molecule has 1 aromatic heterocycles. The number of aryl methyl sites for hydroxylation is 1. The second-order valence-corrected chi connectivity index (χ2v) is 5.89. The summed E-state index contributed by atoms with van der Waals surface area (Å²) < 4.78 is 6.41. The average molecular weight is 281 g/mol. The Balaban J connectivity index is 1.76. The van der Waals surface area contributed by atoms with Crippen molar-refractivity contribution < 1.29 is 4.74 Å². The van der Waals surface area contributed by atoms with Crippen LogP contribution in [0.1, 0.15) is 16.9 Å². The quantitative estimate of drug-likeness (QED) is 0.930.